The number of hydrogen-bond donors (Lipinski definition) is 1. The largest absolute Gasteiger partial charge is 0.495 e. The molecule has 3 rings (SSSR count). The topological polar surface area (TPSA) is 80.8 Å². The monoisotopic (exact) mass is 409 g/mol. The van der Waals surface area contributed by atoms with Gasteiger partial charge in [-0.2, -0.15) is 13.2 Å². The number of pyridine rings is 1. The first-order valence-electron chi connectivity index (χ1n) is 8.64. The lowest BCUT2D eigenvalue weighted by Crippen LogP contribution is -2.38. The predicted octanol–water partition coefficient (Wildman–Crippen LogP) is 3.46. The zero-order valence-electron chi connectivity index (χ0n) is 15.6. The summed E-state index contributed by atoms with van der Waals surface area (Å²) in [6.07, 6.45) is -3.10. The Labute approximate surface area is 164 Å². The summed E-state index contributed by atoms with van der Waals surface area (Å²) in [5.41, 5.74) is -0.586. The first-order chi connectivity index (χ1) is 13.7. The highest BCUT2D eigenvalue weighted by Crippen LogP contribution is 2.33. The lowest BCUT2D eigenvalue weighted by molar-refractivity contribution is -0.137. The zero-order valence-corrected chi connectivity index (χ0v) is 15.6. The van der Waals surface area contributed by atoms with Gasteiger partial charge < -0.3 is 19.7 Å². The van der Waals surface area contributed by atoms with Gasteiger partial charge in [0.05, 0.1) is 18.4 Å². The molecule has 2 aromatic rings. The molecule has 0 unspecified atom stereocenters. The van der Waals surface area contributed by atoms with E-state index in [2.05, 4.69) is 10.3 Å². The lowest BCUT2D eigenvalue weighted by atomic mass is 10.2. The minimum atomic E-state index is -4.49. The summed E-state index contributed by atoms with van der Waals surface area (Å²) in [5, 5.41) is 2.70. The summed E-state index contributed by atoms with van der Waals surface area (Å²) in [7, 11) is 2.99. The Balaban J connectivity index is 1.76. The van der Waals surface area contributed by atoms with Crippen molar-refractivity contribution in [2.45, 2.75) is 25.1 Å². The van der Waals surface area contributed by atoms with Crippen LogP contribution in [0.15, 0.2) is 36.5 Å². The maximum Gasteiger partial charge on any atom is 0.417 e. The zero-order chi connectivity index (χ0) is 21.2. The van der Waals surface area contributed by atoms with Crippen molar-refractivity contribution in [3.63, 3.8) is 0 Å². The highest BCUT2D eigenvalue weighted by Gasteiger charge is 2.33. The minimum Gasteiger partial charge on any atom is -0.495 e. The molecule has 2 amide bonds. The molecule has 1 aromatic carbocycles. The molecule has 0 aliphatic carbocycles. The standard InChI is InChI=1S/C19H18F3N3O4/c1-25-14(5-8-17(25)26)18(27)24-13-9-12(4-6-15(13)28-2)29-16-7-3-11(10-23-16)19(20,21)22/h3-4,6-7,9-10,14H,5,8H2,1-2H3,(H,24,27)/t14-/m0/s1. The Morgan fingerprint density at radius 1 is 1.28 bits per heavy atom. The molecule has 2 heterocycles. The van der Waals surface area contributed by atoms with Crippen LogP contribution >= 0.6 is 0 Å². The van der Waals surface area contributed by atoms with Gasteiger partial charge in [0, 0.05) is 31.8 Å². The van der Waals surface area contributed by atoms with Crippen LogP contribution in [-0.4, -0.2) is 41.9 Å². The minimum absolute atomic E-state index is 0.0402. The maximum absolute atomic E-state index is 12.6. The average molecular weight is 409 g/mol. The normalized spacial score (nSPS) is 16.7. The van der Waals surface area contributed by atoms with Crippen LogP contribution in [0.2, 0.25) is 0 Å². The number of likely N-dealkylation sites (N-methyl/N-ethyl adjacent to an activating group) is 1. The fraction of sp³-hybridized carbons (Fsp3) is 0.316. The fourth-order valence-corrected chi connectivity index (χ4v) is 2.90. The number of halogens is 3. The Kier molecular flexibility index (Phi) is 5.62. The molecule has 1 saturated heterocycles. The van der Waals surface area contributed by atoms with Crippen molar-refractivity contribution < 1.29 is 32.2 Å². The van der Waals surface area contributed by atoms with Gasteiger partial charge in [-0.1, -0.05) is 0 Å². The molecule has 0 radical (unpaired) electrons. The first-order valence-corrected chi connectivity index (χ1v) is 8.64. The van der Waals surface area contributed by atoms with E-state index >= 15 is 0 Å². The van der Waals surface area contributed by atoms with Gasteiger partial charge in [-0.25, -0.2) is 4.98 Å². The molecule has 0 saturated carbocycles. The molecule has 29 heavy (non-hydrogen) atoms. The van der Waals surface area contributed by atoms with Crippen LogP contribution in [0.3, 0.4) is 0 Å². The van der Waals surface area contributed by atoms with Crippen LogP contribution < -0.4 is 14.8 Å². The molecule has 1 aromatic heterocycles. The number of anilines is 1. The second-order valence-corrected chi connectivity index (χ2v) is 6.40. The van der Waals surface area contributed by atoms with E-state index in [1.54, 1.807) is 13.1 Å². The van der Waals surface area contributed by atoms with E-state index in [0.29, 0.717) is 30.5 Å². The second kappa shape index (κ2) is 7.98. The van der Waals surface area contributed by atoms with Crippen molar-refractivity contribution in [2.24, 2.45) is 0 Å². The summed E-state index contributed by atoms with van der Waals surface area (Å²) >= 11 is 0. The third kappa shape index (κ3) is 4.58. The van der Waals surface area contributed by atoms with E-state index in [-0.39, 0.29) is 23.4 Å². The Morgan fingerprint density at radius 3 is 2.59 bits per heavy atom. The average Bonchev–Trinajstić information content (AvgIpc) is 3.00. The SMILES string of the molecule is COc1ccc(Oc2ccc(C(F)(F)F)cn2)cc1NC(=O)[C@@H]1CCC(=O)N1C. The van der Waals surface area contributed by atoms with E-state index in [9.17, 15) is 22.8 Å². The molecule has 0 bridgehead atoms. The van der Waals surface area contributed by atoms with Gasteiger partial charge in [-0.15, -0.1) is 0 Å². The summed E-state index contributed by atoms with van der Waals surface area (Å²) in [5.74, 6) is 0.0767. The molecule has 1 N–H and O–H groups in total. The van der Waals surface area contributed by atoms with E-state index in [1.165, 1.54) is 24.1 Å². The molecule has 1 atom stereocenters. The highest BCUT2D eigenvalue weighted by molar-refractivity contribution is 5.99. The van der Waals surface area contributed by atoms with Crippen LogP contribution in [0.4, 0.5) is 18.9 Å². The molecular formula is C19H18F3N3O4. The second-order valence-electron chi connectivity index (χ2n) is 6.40. The number of likely N-dealkylation sites (tertiary alicyclic amines) is 1. The van der Waals surface area contributed by atoms with Crippen molar-refractivity contribution in [1.29, 1.82) is 0 Å². The maximum atomic E-state index is 12.6. The van der Waals surface area contributed by atoms with Gasteiger partial charge >= 0.3 is 6.18 Å². The Hall–Kier alpha value is -3.30. The van der Waals surface area contributed by atoms with Crippen LogP contribution in [0.1, 0.15) is 18.4 Å². The van der Waals surface area contributed by atoms with E-state index < -0.39 is 17.8 Å². The van der Waals surface area contributed by atoms with Crippen molar-refractivity contribution in [2.75, 3.05) is 19.5 Å². The third-order valence-electron chi connectivity index (χ3n) is 4.51. The van der Waals surface area contributed by atoms with Crippen molar-refractivity contribution in [3.05, 3.63) is 42.1 Å². The van der Waals surface area contributed by atoms with E-state index in [4.69, 9.17) is 9.47 Å². The van der Waals surface area contributed by atoms with Crippen LogP contribution in [0.5, 0.6) is 17.4 Å². The third-order valence-corrected chi connectivity index (χ3v) is 4.51. The van der Waals surface area contributed by atoms with Gasteiger partial charge in [-0.05, 0) is 24.6 Å². The summed E-state index contributed by atoms with van der Waals surface area (Å²) in [6.45, 7) is 0. The number of hydrogen-bond acceptors (Lipinski definition) is 5. The van der Waals surface area contributed by atoms with Crippen LogP contribution in [0.25, 0.3) is 0 Å². The Bertz CT molecular complexity index is 916. The number of methoxy groups -OCH3 is 1. The quantitative estimate of drug-likeness (QED) is 0.818. The van der Waals surface area contributed by atoms with E-state index in [1.807, 2.05) is 0 Å². The van der Waals surface area contributed by atoms with Gasteiger partial charge in [0.15, 0.2) is 0 Å². The molecule has 7 nitrogen and oxygen atoms in total. The molecule has 10 heteroatoms. The number of alkyl halides is 3. The van der Waals surface area contributed by atoms with Crippen molar-refractivity contribution in [3.8, 4) is 17.4 Å². The van der Waals surface area contributed by atoms with Gasteiger partial charge in [-0.3, -0.25) is 9.59 Å². The number of benzene rings is 1. The molecule has 1 fully saturated rings. The molecule has 154 valence electrons. The molecule has 1 aliphatic heterocycles. The fourth-order valence-electron chi connectivity index (χ4n) is 2.90. The summed E-state index contributed by atoms with van der Waals surface area (Å²) in [4.78, 5) is 29.2. The smallest absolute Gasteiger partial charge is 0.417 e. The summed E-state index contributed by atoms with van der Waals surface area (Å²) in [6, 6.07) is 5.91. The highest BCUT2D eigenvalue weighted by atomic mass is 19.4. The molecule has 0 spiro atoms. The van der Waals surface area contributed by atoms with Gasteiger partial charge in [0.25, 0.3) is 0 Å². The first kappa shape index (κ1) is 20.4. The van der Waals surface area contributed by atoms with Crippen molar-refractivity contribution >= 4 is 17.5 Å². The number of rotatable bonds is 5. The van der Waals surface area contributed by atoms with Crippen LogP contribution in [0, 0.1) is 0 Å². The van der Waals surface area contributed by atoms with Gasteiger partial charge in [0.1, 0.15) is 17.5 Å². The van der Waals surface area contributed by atoms with Gasteiger partial charge in [0.2, 0.25) is 17.7 Å². The van der Waals surface area contributed by atoms with Crippen LogP contribution in [-0.2, 0) is 15.8 Å². The molecule has 1 aliphatic rings. The number of amides is 2. The number of carbonyl (C=O) groups is 2. The van der Waals surface area contributed by atoms with E-state index in [0.717, 1.165) is 12.1 Å². The van der Waals surface area contributed by atoms with Crippen molar-refractivity contribution in [1.82, 2.24) is 9.88 Å². The number of ether oxygens (including phenoxy) is 2. The predicted molar refractivity (Wildman–Crippen MR) is 96.7 cm³/mol. The number of aromatic nitrogens is 1. The molecular weight excluding hydrogens is 391 g/mol. The number of nitrogens with one attached hydrogen (secondary N) is 1. The summed E-state index contributed by atoms with van der Waals surface area (Å²) < 4.78 is 48.6. The number of nitrogens with zero attached hydrogens (tertiary/aromatic N) is 2. The number of carbonyl (C=O) groups excluding carboxylic acids is 2. The lowest BCUT2D eigenvalue weighted by Gasteiger charge is -2.20. The Morgan fingerprint density at radius 2 is 2.03 bits per heavy atom.